The largest absolute Gasteiger partial charge is 0.455 e. The van der Waals surface area contributed by atoms with Crippen molar-refractivity contribution in [1.29, 1.82) is 0 Å². The van der Waals surface area contributed by atoms with Crippen molar-refractivity contribution in [2.75, 3.05) is 5.73 Å². The molecule has 0 radical (unpaired) electrons. The Hall–Kier alpha value is -2.84. The number of aromatic amines is 1. The molecule has 3 heterocycles. The zero-order chi connectivity index (χ0) is 18.0. The third-order valence-corrected chi connectivity index (χ3v) is 3.68. The fourth-order valence-electron chi connectivity index (χ4n) is 2.48. The highest BCUT2D eigenvalue weighted by Gasteiger charge is 2.33. The summed E-state index contributed by atoms with van der Waals surface area (Å²) in [5, 5.41) is 0.107. The standard InChI is InChI=1S/C16H16F3N5O/c1-2-3-11(9-4-6-21-7-5-9)25-15-23-13(20)10-8-12(16(17,18)19)22-14(10)24-15/h4-8,11H,2-3H2,1H3,(H3,20,22,23,24). The summed E-state index contributed by atoms with van der Waals surface area (Å²) in [4.78, 5) is 14.2. The Morgan fingerprint density at radius 3 is 2.60 bits per heavy atom. The number of nitrogen functional groups attached to an aromatic ring is 1. The third kappa shape index (κ3) is 3.65. The van der Waals surface area contributed by atoms with E-state index in [9.17, 15) is 13.2 Å². The topological polar surface area (TPSA) is 89.7 Å². The van der Waals surface area contributed by atoms with Crippen LogP contribution in [0.2, 0.25) is 0 Å². The number of fused-ring (bicyclic) bond motifs is 1. The van der Waals surface area contributed by atoms with Crippen LogP contribution in [0.4, 0.5) is 19.0 Å². The Morgan fingerprint density at radius 2 is 1.96 bits per heavy atom. The molecule has 0 fully saturated rings. The average molecular weight is 351 g/mol. The molecule has 132 valence electrons. The van der Waals surface area contributed by atoms with Gasteiger partial charge in [-0.25, -0.2) is 0 Å². The molecule has 3 aromatic heterocycles. The van der Waals surface area contributed by atoms with Crippen molar-refractivity contribution in [3.8, 4) is 6.01 Å². The molecular weight excluding hydrogens is 335 g/mol. The van der Waals surface area contributed by atoms with Crippen molar-refractivity contribution < 1.29 is 17.9 Å². The van der Waals surface area contributed by atoms with Crippen LogP contribution in [0, 0.1) is 0 Å². The smallest absolute Gasteiger partial charge is 0.431 e. The van der Waals surface area contributed by atoms with Crippen LogP contribution in [0.1, 0.15) is 37.1 Å². The minimum atomic E-state index is -4.52. The van der Waals surface area contributed by atoms with E-state index in [1.807, 2.05) is 6.92 Å². The van der Waals surface area contributed by atoms with Gasteiger partial charge in [-0.1, -0.05) is 13.3 Å². The van der Waals surface area contributed by atoms with Crippen LogP contribution in [0.15, 0.2) is 30.6 Å². The normalized spacial score (nSPS) is 13.1. The molecule has 25 heavy (non-hydrogen) atoms. The molecule has 1 atom stereocenters. The predicted octanol–water partition coefficient (Wildman–Crippen LogP) is 3.87. The van der Waals surface area contributed by atoms with Crippen molar-refractivity contribution in [2.45, 2.75) is 32.0 Å². The number of ether oxygens (including phenoxy) is 1. The number of pyridine rings is 1. The van der Waals surface area contributed by atoms with E-state index in [0.717, 1.165) is 18.1 Å². The number of alkyl halides is 3. The maximum atomic E-state index is 12.8. The van der Waals surface area contributed by atoms with Gasteiger partial charge in [0.1, 0.15) is 23.3 Å². The Morgan fingerprint density at radius 1 is 1.24 bits per heavy atom. The Balaban J connectivity index is 1.95. The number of rotatable bonds is 5. The highest BCUT2D eigenvalue weighted by molar-refractivity contribution is 5.87. The van der Waals surface area contributed by atoms with E-state index in [0.29, 0.717) is 6.42 Å². The van der Waals surface area contributed by atoms with Gasteiger partial charge in [0.15, 0.2) is 0 Å². The summed E-state index contributed by atoms with van der Waals surface area (Å²) in [5.74, 6) is -0.0725. The first-order chi connectivity index (χ1) is 11.9. The first-order valence-electron chi connectivity index (χ1n) is 7.68. The number of hydrogen-bond donors (Lipinski definition) is 2. The Kier molecular flexibility index (Phi) is 4.47. The SMILES string of the molecule is CCCC(Oc1nc(N)c2cc(C(F)(F)F)[nH]c2n1)c1ccncc1. The monoisotopic (exact) mass is 351 g/mol. The summed E-state index contributed by atoms with van der Waals surface area (Å²) in [6, 6.07) is 4.42. The van der Waals surface area contributed by atoms with Gasteiger partial charge >= 0.3 is 12.2 Å². The lowest BCUT2D eigenvalue weighted by molar-refractivity contribution is -0.140. The molecule has 3 rings (SSSR count). The predicted molar refractivity (Wildman–Crippen MR) is 85.8 cm³/mol. The summed E-state index contributed by atoms with van der Waals surface area (Å²) in [6.07, 6.45) is -0.0618. The van der Waals surface area contributed by atoms with Crippen LogP contribution in [0.25, 0.3) is 11.0 Å². The maximum absolute atomic E-state index is 12.8. The van der Waals surface area contributed by atoms with E-state index >= 15 is 0 Å². The summed E-state index contributed by atoms with van der Waals surface area (Å²) >= 11 is 0. The number of hydrogen-bond acceptors (Lipinski definition) is 5. The summed E-state index contributed by atoms with van der Waals surface area (Å²) in [6.45, 7) is 2.00. The molecule has 0 aliphatic heterocycles. The molecule has 0 aliphatic carbocycles. The molecule has 3 N–H and O–H groups in total. The molecule has 0 bridgehead atoms. The highest BCUT2D eigenvalue weighted by Crippen LogP contribution is 2.33. The van der Waals surface area contributed by atoms with Gasteiger partial charge in [0.2, 0.25) is 0 Å². The quantitative estimate of drug-likeness (QED) is 0.728. The van der Waals surface area contributed by atoms with Gasteiger partial charge in [0.25, 0.3) is 0 Å². The first-order valence-corrected chi connectivity index (χ1v) is 7.68. The number of H-pyrrole nitrogens is 1. The van der Waals surface area contributed by atoms with Gasteiger partial charge in [-0.3, -0.25) is 4.98 Å². The minimum Gasteiger partial charge on any atom is -0.455 e. The zero-order valence-electron chi connectivity index (χ0n) is 13.3. The fraction of sp³-hybridized carbons (Fsp3) is 0.312. The van der Waals surface area contributed by atoms with Crippen molar-refractivity contribution >= 4 is 16.9 Å². The van der Waals surface area contributed by atoms with Crippen LogP contribution in [0.3, 0.4) is 0 Å². The summed E-state index contributed by atoms with van der Waals surface area (Å²) in [7, 11) is 0. The molecule has 0 spiro atoms. The van der Waals surface area contributed by atoms with Gasteiger partial charge in [-0.2, -0.15) is 23.1 Å². The highest BCUT2D eigenvalue weighted by atomic mass is 19.4. The van der Waals surface area contributed by atoms with Crippen molar-refractivity contribution in [3.63, 3.8) is 0 Å². The fourth-order valence-corrected chi connectivity index (χ4v) is 2.48. The maximum Gasteiger partial charge on any atom is 0.431 e. The lowest BCUT2D eigenvalue weighted by Gasteiger charge is -2.17. The van der Waals surface area contributed by atoms with E-state index in [-0.39, 0.29) is 29.0 Å². The number of anilines is 1. The second-order valence-electron chi connectivity index (χ2n) is 5.51. The third-order valence-electron chi connectivity index (χ3n) is 3.68. The van der Waals surface area contributed by atoms with Gasteiger partial charge < -0.3 is 15.5 Å². The molecule has 6 nitrogen and oxygen atoms in total. The molecule has 0 amide bonds. The molecule has 1 unspecified atom stereocenters. The van der Waals surface area contributed by atoms with Crippen LogP contribution >= 0.6 is 0 Å². The minimum absolute atomic E-state index is 0.0141. The van der Waals surface area contributed by atoms with Crippen molar-refractivity contribution in [1.82, 2.24) is 19.9 Å². The lowest BCUT2D eigenvalue weighted by Crippen LogP contribution is -2.10. The van der Waals surface area contributed by atoms with E-state index in [1.54, 1.807) is 24.5 Å². The van der Waals surface area contributed by atoms with Crippen molar-refractivity contribution in [3.05, 3.63) is 41.9 Å². The van der Waals surface area contributed by atoms with E-state index < -0.39 is 11.9 Å². The second-order valence-corrected chi connectivity index (χ2v) is 5.51. The average Bonchev–Trinajstić information content (AvgIpc) is 3.00. The summed E-state index contributed by atoms with van der Waals surface area (Å²) in [5.41, 5.74) is 5.71. The Labute approximate surface area is 141 Å². The number of halogens is 3. The van der Waals surface area contributed by atoms with E-state index in [1.165, 1.54) is 0 Å². The molecule has 0 aliphatic rings. The van der Waals surface area contributed by atoms with Crippen molar-refractivity contribution in [2.24, 2.45) is 0 Å². The molecule has 3 aromatic rings. The molecule has 0 saturated carbocycles. The lowest BCUT2D eigenvalue weighted by atomic mass is 10.1. The molecule has 0 saturated heterocycles. The number of nitrogens with zero attached hydrogens (tertiary/aromatic N) is 3. The molecule has 9 heteroatoms. The van der Waals surface area contributed by atoms with Gasteiger partial charge in [-0.05, 0) is 30.2 Å². The Bertz CT molecular complexity index is 863. The number of nitrogens with two attached hydrogens (primary N) is 1. The molecular formula is C16H16F3N5O. The van der Waals surface area contributed by atoms with Gasteiger partial charge in [0, 0.05) is 12.4 Å². The second kappa shape index (κ2) is 6.58. The van der Waals surface area contributed by atoms with Gasteiger partial charge in [0.05, 0.1) is 5.39 Å². The first kappa shape index (κ1) is 17.0. The number of aromatic nitrogens is 4. The van der Waals surface area contributed by atoms with E-state index in [4.69, 9.17) is 10.5 Å². The van der Waals surface area contributed by atoms with Crippen LogP contribution in [-0.4, -0.2) is 19.9 Å². The summed E-state index contributed by atoms with van der Waals surface area (Å²) < 4.78 is 44.3. The zero-order valence-corrected chi connectivity index (χ0v) is 13.3. The molecule has 0 aromatic carbocycles. The number of nitrogens with one attached hydrogen (secondary N) is 1. The van der Waals surface area contributed by atoms with E-state index in [2.05, 4.69) is 19.9 Å². The van der Waals surface area contributed by atoms with Crippen LogP contribution in [-0.2, 0) is 6.18 Å². The van der Waals surface area contributed by atoms with Crippen LogP contribution < -0.4 is 10.5 Å². The van der Waals surface area contributed by atoms with Gasteiger partial charge in [-0.15, -0.1) is 0 Å². The van der Waals surface area contributed by atoms with Crippen LogP contribution in [0.5, 0.6) is 6.01 Å².